The van der Waals surface area contributed by atoms with E-state index in [-0.39, 0.29) is 6.04 Å². The Kier molecular flexibility index (Phi) is 4.71. The minimum Gasteiger partial charge on any atom is -0.389 e. The van der Waals surface area contributed by atoms with E-state index in [1.54, 1.807) is 0 Å². The number of fused-ring (bicyclic) bond motifs is 1. The largest absolute Gasteiger partial charge is 0.389 e. The summed E-state index contributed by atoms with van der Waals surface area (Å²) in [4.78, 5) is 6.17. The minimum atomic E-state index is -0.428. The molecule has 2 unspecified atom stereocenters. The van der Waals surface area contributed by atoms with Crippen LogP contribution in [0.15, 0.2) is 0 Å². The molecular formula is C15H24N2O2S. The Labute approximate surface area is 124 Å². The Hall–Kier alpha value is -0.490. The summed E-state index contributed by atoms with van der Waals surface area (Å²) in [5.41, 5.74) is 1.30. The summed E-state index contributed by atoms with van der Waals surface area (Å²) in [7, 11) is 0. The zero-order valence-corrected chi connectivity index (χ0v) is 12.9. The van der Waals surface area contributed by atoms with Gasteiger partial charge in [0.25, 0.3) is 0 Å². The Bertz CT molecular complexity index is 424. The molecule has 1 heterocycles. The van der Waals surface area contributed by atoms with Gasteiger partial charge < -0.3 is 15.2 Å². The van der Waals surface area contributed by atoms with Gasteiger partial charge in [0.1, 0.15) is 5.01 Å². The normalized spacial score (nSPS) is 20.9. The Balaban J connectivity index is 1.37. The molecule has 1 fully saturated rings. The molecule has 3 rings (SSSR count). The highest BCUT2D eigenvalue weighted by Crippen LogP contribution is 2.30. The van der Waals surface area contributed by atoms with Crippen molar-refractivity contribution in [3.05, 3.63) is 15.6 Å². The highest BCUT2D eigenvalue weighted by molar-refractivity contribution is 7.11. The molecule has 0 saturated heterocycles. The van der Waals surface area contributed by atoms with E-state index in [1.165, 1.54) is 36.3 Å². The van der Waals surface area contributed by atoms with Gasteiger partial charge in [-0.1, -0.05) is 0 Å². The number of aromatic nitrogens is 1. The highest BCUT2D eigenvalue weighted by Gasteiger charge is 2.22. The molecule has 112 valence electrons. The van der Waals surface area contributed by atoms with E-state index in [1.807, 2.05) is 11.3 Å². The Morgan fingerprint density at radius 2 is 2.30 bits per heavy atom. The average molecular weight is 296 g/mol. The fourth-order valence-corrected chi connectivity index (χ4v) is 3.69. The molecule has 2 atom stereocenters. The molecular weight excluding hydrogens is 272 g/mol. The predicted molar refractivity (Wildman–Crippen MR) is 80.1 cm³/mol. The standard InChI is InChI=1S/C15H24N2O2S/c1-10(15-17-13-3-2-4-14(13)20-15)16-7-12(18)9-19-8-11-5-6-11/h10-12,16,18H,2-9H2,1H3. The summed E-state index contributed by atoms with van der Waals surface area (Å²) >= 11 is 1.83. The SMILES string of the molecule is CC(NCC(O)COCC1CC1)c1nc2c(s1)CCC2. The molecule has 2 N–H and O–H groups in total. The van der Waals surface area contributed by atoms with E-state index < -0.39 is 6.10 Å². The van der Waals surface area contributed by atoms with Crippen LogP contribution >= 0.6 is 11.3 Å². The zero-order valence-electron chi connectivity index (χ0n) is 12.1. The maximum Gasteiger partial charge on any atom is 0.110 e. The third kappa shape index (κ3) is 3.79. The van der Waals surface area contributed by atoms with Crippen LogP contribution in [0.1, 0.15) is 47.8 Å². The maximum atomic E-state index is 9.89. The second kappa shape index (κ2) is 6.52. The first-order chi connectivity index (χ1) is 9.72. The number of nitrogens with one attached hydrogen (secondary N) is 1. The average Bonchev–Trinajstić information content (AvgIpc) is 2.99. The number of aliphatic hydroxyl groups excluding tert-OH is 1. The lowest BCUT2D eigenvalue weighted by molar-refractivity contribution is 0.0315. The van der Waals surface area contributed by atoms with Crippen molar-refractivity contribution in [2.24, 2.45) is 5.92 Å². The molecule has 0 bridgehead atoms. The summed E-state index contributed by atoms with van der Waals surface area (Å²) in [6, 6.07) is 0.212. The van der Waals surface area contributed by atoms with Crippen molar-refractivity contribution in [1.29, 1.82) is 0 Å². The highest BCUT2D eigenvalue weighted by atomic mass is 32.1. The van der Waals surface area contributed by atoms with Crippen LogP contribution in [0.25, 0.3) is 0 Å². The van der Waals surface area contributed by atoms with Gasteiger partial charge in [-0.15, -0.1) is 11.3 Å². The summed E-state index contributed by atoms with van der Waals surface area (Å²) < 4.78 is 5.50. The molecule has 2 aliphatic carbocycles. The van der Waals surface area contributed by atoms with Gasteiger partial charge in [-0.3, -0.25) is 0 Å². The van der Waals surface area contributed by atoms with Crippen LogP contribution in [0.5, 0.6) is 0 Å². The number of nitrogens with zero attached hydrogens (tertiary/aromatic N) is 1. The van der Waals surface area contributed by atoms with E-state index in [4.69, 9.17) is 9.72 Å². The van der Waals surface area contributed by atoms with Crippen molar-refractivity contribution in [2.75, 3.05) is 19.8 Å². The lowest BCUT2D eigenvalue weighted by Gasteiger charge is -2.15. The van der Waals surface area contributed by atoms with Crippen LogP contribution < -0.4 is 5.32 Å². The number of hydrogen-bond donors (Lipinski definition) is 2. The Morgan fingerprint density at radius 1 is 1.45 bits per heavy atom. The van der Waals surface area contributed by atoms with E-state index in [2.05, 4.69) is 12.2 Å². The van der Waals surface area contributed by atoms with E-state index in [0.29, 0.717) is 13.2 Å². The van der Waals surface area contributed by atoms with Gasteiger partial charge >= 0.3 is 0 Å². The molecule has 0 amide bonds. The molecule has 0 spiro atoms. The second-order valence-corrected chi connectivity index (χ2v) is 7.16. The van der Waals surface area contributed by atoms with Gasteiger partial charge in [-0.2, -0.15) is 0 Å². The Morgan fingerprint density at radius 3 is 3.05 bits per heavy atom. The molecule has 0 aliphatic heterocycles. The molecule has 1 aromatic heterocycles. The molecule has 1 aromatic rings. The van der Waals surface area contributed by atoms with E-state index in [9.17, 15) is 5.11 Å². The van der Waals surface area contributed by atoms with Crippen LogP contribution in [0, 0.1) is 5.92 Å². The van der Waals surface area contributed by atoms with E-state index in [0.717, 1.165) is 24.0 Å². The summed E-state index contributed by atoms with van der Waals surface area (Å²) in [5.74, 6) is 0.756. The predicted octanol–water partition coefficient (Wildman–Crippen LogP) is 2.07. The summed E-state index contributed by atoms with van der Waals surface area (Å²) in [6.07, 6.45) is 5.74. The van der Waals surface area contributed by atoms with Crippen molar-refractivity contribution < 1.29 is 9.84 Å². The van der Waals surface area contributed by atoms with Crippen LogP contribution in [0.2, 0.25) is 0 Å². The third-order valence-electron chi connectivity index (χ3n) is 4.00. The fraction of sp³-hybridized carbons (Fsp3) is 0.800. The first-order valence-corrected chi connectivity index (χ1v) is 8.51. The molecule has 0 aromatic carbocycles. The molecule has 20 heavy (non-hydrogen) atoms. The van der Waals surface area contributed by atoms with Crippen molar-refractivity contribution in [3.8, 4) is 0 Å². The van der Waals surface area contributed by atoms with Crippen LogP contribution in [-0.2, 0) is 17.6 Å². The van der Waals surface area contributed by atoms with Crippen molar-refractivity contribution in [3.63, 3.8) is 0 Å². The fourth-order valence-electron chi connectivity index (χ4n) is 2.51. The van der Waals surface area contributed by atoms with Crippen molar-refractivity contribution in [2.45, 2.75) is 51.2 Å². The first-order valence-electron chi connectivity index (χ1n) is 7.70. The topological polar surface area (TPSA) is 54.4 Å². The lowest BCUT2D eigenvalue weighted by Crippen LogP contribution is -2.32. The van der Waals surface area contributed by atoms with E-state index >= 15 is 0 Å². The molecule has 5 heteroatoms. The third-order valence-corrected chi connectivity index (χ3v) is 5.34. The van der Waals surface area contributed by atoms with Gasteiger partial charge in [-0.25, -0.2) is 4.98 Å². The smallest absolute Gasteiger partial charge is 0.110 e. The number of aryl methyl sites for hydroxylation is 2. The number of rotatable bonds is 8. The zero-order chi connectivity index (χ0) is 13.9. The minimum absolute atomic E-state index is 0.212. The maximum absolute atomic E-state index is 9.89. The monoisotopic (exact) mass is 296 g/mol. The number of ether oxygens (including phenoxy) is 1. The summed E-state index contributed by atoms with van der Waals surface area (Å²) in [6.45, 7) is 3.93. The van der Waals surface area contributed by atoms with Crippen molar-refractivity contribution >= 4 is 11.3 Å². The number of aliphatic hydroxyl groups is 1. The van der Waals surface area contributed by atoms with Gasteiger partial charge in [0.2, 0.25) is 0 Å². The van der Waals surface area contributed by atoms with Gasteiger partial charge in [0, 0.05) is 18.0 Å². The van der Waals surface area contributed by atoms with Gasteiger partial charge in [0.05, 0.1) is 24.4 Å². The molecule has 4 nitrogen and oxygen atoms in total. The molecule has 2 aliphatic rings. The van der Waals surface area contributed by atoms with Gasteiger partial charge in [0.15, 0.2) is 0 Å². The molecule has 1 saturated carbocycles. The first kappa shape index (κ1) is 14.4. The summed E-state index contributed by atoms with van der Waals surface area (Å²) in [5, 5.41) is 14.4. The van der Waals surface area contributed by atoms with Crippen LogP contribution in [0.3, 0.4) is 0 Å². The van der Waals surface area contributed by atoms with Crippen LogP contribution in [-0.4, -0.2) is 36.0 Å². The molecule has 0 radical (unpaired) electrons. The van der Waals surface area contributed by atoms with Crippen molar-refractivity contribution in [1.82, 2.24) is 10.3 Å². The number of thiazole rings is 1. The quantitative estimate of drug-likeness (QED) is 0.771. The van der Waals surface area contributed by atoms with Crippen LogP contribution in [0.4, 0.5) is 0 Å². The number of hydrogen-bond acceptors (Lipinski definition) is 5. The van der Waals surface area contributed by atoms with Gasteiger partial charge in [-0.05, 0) is 44.9 Å². The second-order valence-electron chi connectivity index (χ2n) is 6.04. The lowest BCUT2D eigenvalue weighted by atomic mass is 10.3.